The van der Waals surface area contributed by atoms with Crippen molar-refractivity contribution in [3.8, 4) is 5.75 Å². The molecule has 6 nitrogen and oxygen atoms in total. The van der Waals surface area contributed by atoms with Gasteiger partial charge in [0.15, 0.2) is 5.96 Å². The van der Waals surface area contributed by atoms with Crippen LogP contribution in [0.3, 0.4) is 0 Å². The molecule has 8 heteroatoms. The highest BCUT2D eigenvalue weighted by Crippen LogP contribution is 2.16. The van der Waals surface area contributed by atoms with Gasteiger partial charge in [-0.15, -0.1) is 0 Å². The van der Waals surface area contributed by atoms with Gasteiger partial charge in [-0.05, 0) is 42.9 Å². The Kier molecular flexibility index (Phi) is 9.86. The molecular weight excluding hydrogens is 356 g/mol. The van der Waals surface area contributed by atoms with E-state index in [1.54, 1.807) is 19.2 Å². The lowest BCUT2D eigenvalue weighted by atomic mass is 10.0. The maximum Gasteiger partial charge on any atom is 0.387 e. The third-order valence-electron chi connectivity index (χ3n) is 4.26. The lowest BCUT2D eigenvalue weighted by Crippen LogP contribution is -2.37. The fourth-order valence-corrected chi connectivity index (χ4v) is 2.78. The highest BCUT2D eigenvalue weighted by Gasteiger charge is 2.13. The van der Waals surface area contributed by atoms with Gasteiger partial charge in [0.25, 0.3) is 0 Å². The van der Waals surface area contributed by atoms with E-state index in [0.717, 1.165) is 51.2 Å². The van der Waals surface area contributed by atoms with E-state index in [1.807, 2.05) is 6.07 Å². The van der Waals surface area contributed by atoms with Crippen LogP contribution in [0, 0.1) is 5.92 Å². The third kappa shape index (κ3) is 9.01. The summed E-state index contributed by atoms with van der Waals surface area (Å²) in [6.07, 6.45) is 3.04. The molecule has 0 saturated carbocycles. The van der Waals surface area contributed by atoms with Crippen LogP contribution in [0.5, 0.6) is 5.75 Å². The minimum atomic E-state index is -2.82. The van der Waals surface area contributed by atoms with Gasteiger partial charge in [0.1, 0.15) is 5.75 Å². The standard InChI is InChI=1S/C19H29F2N3O3/c1-22-19(23-8-3-9-26-14-15-6-10-25-11-7-15)24-13-16-4-2-5-17(12-16)27-18(20)21/h2,4-5,12,15,18H,3,6-11,13-14H2,1H3,(H2,22,23,24). The van der Waals surface area contributed by atoms with Gasteiger partial charge in [-0.25, -0.2) is 0 Å². The first-order valence-electron chi connectivity index (χ1n) is 9.31. The van der Waals surface area contributed by atoms with Crippen molar-refractivity contribution >= 4 is 5.96 Å². The Morgan fingerprint density at radius 1 is 1.30 bits per heavy atom. The second-order valence-electron chi connectivity index (χ2n) is 6.36. The Hall–Kier alpha value is -1.93. The zero-order valence-corrected chi connectivity index (χ0v) is 15.8. The first-order chi connectivity index (χ1) is 13.2. The molecule has 0 bridgehead atoms. The number of hydrogen-bond acceptors (Lipinski definition) is 4. The van der Waals surface area contributed by atoms with E-state index in [1.165, 1.54) is 6.07 Å². The normalized spacial score (nSPS) is 15.8. The third-order valence-corrected chi connectivity index (χ3v) is 4.26. The monoisotopic (exact) mass is 385 g/mol. The van der Waals surface area contributed by atoms with Crippen molar-refractivity contribution in [2.75, 3.05) is 40.0 Å². The maximum absolute atomic E-state index is 12.3. The lowest BCUT2D eigenvalue weighted by Gasteiger charge is -2.21. The fraction of sp³-hybridized carbons (Fsp3) is 0.632. The van der Waals surface area contributed by atoms with Gasteiger partial charge in [0.2, 0.25) is 0 Å². The molecule has 1 aliphatic rings. The van der Waals surface area contributed by atoms with Crippen molar-refractivity contribution in [1.29, 1.82) is 0 Å². The zero-order valence-electron chi connectivity index (χ0n) is 15.8. The SMILES string of the molecule is CN=C(NCCCOCC1CCOCC1)NCc1cccc(OC(F)F)c1. The molecule has 1 fully saturated rings. The van der Waals surface area contributed by atoms with Crippen LogP contribution in [0.15, 0.2) is 29.3 Å². The molecule has 1 saturated heterocycles. The van der Waals surface area contributed by atoms with Gasteiger partial charge < -0.3 is 24.8 Å². The molecule has 0 radical (unpaired) electrons. The zero-order chi connectivity index (χ0) is 19.3. The molecular formula is C19H29F2N3O3. The topological polar surface area (TPSA) is 64.1 Å². The molecule has 0 aliphatic carbocycles. The number of halogens is 2. The summed E-state index contributed by atoms with van der Waals surface area (Å²) in [6.45, 7) is 1.56. The van der Waals surface area contributed by atoms with E-state index in [9.17, 15) is 8.78 Å². The number of nitrogens with one attached hydrogen (secondary N) is 2. The number of nitrogens with zero attached hydrogens (tertiary/aromatic N) is 1. The maximum atomic E-state index is 12.3. The minimum absolute atomic E-state index is 0.147. The summed E-state index contributed by atoms with van der Waals surface area (Å²) in [5, 5.41) is 6.36. The summed E-state index contributed by atoms with van der Waals surface area (Å²) >= 11 is 0. The van der Waals surface area contributed by atoms with Crippen LogP contribution in [-0.2, 0) is 16.0 Å². The Morgan fingerprint density at radius 2 is 2.11 bits per heavy atom. The van der Waals surface area contributed by atoms with Crippen LogP contribution in [-0.4, -0.2) is 52.6 Å². The van der Waals surface area contributed by atoms with E-state index in [4.69, 9.17) is 9.47 Å². The summed E-state index contributed by atoms with van der Waals surface area (Å²) in [4.78, 5) is 4.15. The quantitative estimate of drug-likeness (QED) is 0.368. The molecule has 152 valence electrons. The number of hydrogen-bond donors (Lipinski definition) is 2. The van der Waals surface area contributed by atoms with Gasteiger partial charge >= 0.3 is 6.61 Å². The second kappa shape index (κ2) is 12.5. The van der Waals surface area contributed by atoms with Crippen molar-refractivity contribution in [3.05, 3.63) is 29.8 Å². The lowest BCUT2D eigenvalue weighted by molar-refractivity contribution is -0.0498. The molecule has 0 spiro atoms. The molecule has 2 N–H and O–H groups in total. The highest BCUT2D eigenvalue weighted by molar-refractivity contribution is 5.79. The van der Waals surface area contributed by atoms with Crippen LogP contribution in [0.1, 0.15) is 24.8 Å². The van der Waals surface area contributed by atoms with E-state index in [0.29, 0.717) is 25.0 Å². The van der Waals surface area contributed by atoms with Crippen molar-refractivity contribution in [2.24, 2.45) is 10.9 Å². The molecule has 27 heavy (non-hydrogen) atoms. The summed E-state index contributed by atoms with van der Waals surface area (Å²) < 4.78 is 40.0. The number of benzene rings is 1. The minimum Gasteiger partial charge on any atom is -0.435 e. The van der Waals surface area contributed by atoms with Crippen molar-refractivity contribution in [2.45, 2.75) is 32.4 Å². The van der Waals surface area contributed by atoms with E-state index < -0.39 is 6.61 Å². The number of ether oxygens (including phenoxy) is 3. The molecule has 1 aromatic carbocycles. The Labute approximate surface area is 159 Å². The molecule has 1 aromatic rings. The van der Waals surface area contributed by atoms with Crippen LogP contribution >= 0.6 is 0 Å². The molecule has 0 amide bonds. The highest BCUT2D eigenvalue weighted by atomic mass is 19.3. The predicted octanol–water partition coefficient (Wildman–Crippen LogP) is 2.79. The largest absolute Gasteiger partial charge is 0.435 e. The second-order valence-corrected chi connectivity index (χ2v) is 6.36. The van der Waals surface area contributed by atoms with E-state index >= 15 is 0 Å². The Morgan fingerprint density at radius 3 is 2.85 bits per heavy atom. The molecule has 0 aromatic heterocycles. The van der Waals surface area contributed by atoms with Crippen LogP contribution < -0.4 is 15.4 Å². The molecule has 0 atom stereocenters. The average Bonchev–Trinajstić information content (AvgIpc) is 2.67. The molecule has 1 aliphatic heterocycles. The van der Waals surface area contributed by atoms with Gasteiger partial charge in [-0.1, -0.05) is 12.1 Å². The predicted molar refractivity (Wildman–Crippen MR) is 100 cm³/mol. The summed E-state index contributed by atoms with van der Waals surface area (Å²) in [5.74, 6) is 1.42. The Balaban J connectivity index is 1.58. The Bertz CT molecular complexity index is 567. The number of alkyl halides is 2. The van der Waals surface area contributed by atoms with E-state index in [-0.39, 0.29) is 5.75 Å². The van der Waals surface area contributed by atoms with Crippen molar-refractivity contribution in [3.63, 3.8) is 0 Å². The fourth-order valence-electron chi connectivity index (χ4n) is 2.78. The molecule has 2 rings (SSSR count). The van der Waals surface area contributed by atoms with Gasteiger partial charge in [-0.3, -0.25) is 4.99 Å². The van der Waals surface area contributed by atoms with Gasteiger partial charge in [-0.2, -0.15) is 8.78 Å². The summed E-state index contributed by atoms with van der Waals surface area (Å²) in [5.41, 5.74) is 0.830. The smallest absolute Gasteiger partial charge is 0.387 e. The molecule has 1 heterocycles. The number of guanidine groups is 1. The van der Waals surface area contributed by atoms with Gasteiger partial charge in [0, 0.05) is 46.6 Å². The van der Waals surface area contributed by atoms with Crippen LogP contribution in [0.4, 0.5) is 8.78 Å². The first kappa shape index (κ1) is 21.4. The first-order valence-corrected chi connectivity index (χ1v) is 9.31. The van der Waals surface area contributed by atoms with Crippen molar-refractivity contribution < 1.29 is 23.0 Å². The summed E-state index contributed by atoms with van der Waals surface area (Å²) in [7, 11) is 1.69. The van der Waals surface area contributed by atoms with Crippen LogP contribution in [0.2, 0.25) is 0 Å². The molecule has 0 unspecified atom stereocenters. The number of rotatable bonds is 10. The summed E-state index contributed by atoms with van der Waals surface area (Å²) in [6, 6.07) is 6.60. The van der Waals surface area contributed by atoms with E-state index in [2.05, 4.69) is 20.4 Å². The van der Waals surface area contributed by atoms with Crippen LogP contribution in [0.25, 0.3) is 0 Å². The van der Waals surface area contributed by atoms with Crippen molar-refractivity contribution in [1.82, 2.24) is 10.6 Å². The van der Waals surface area contributed by atoms with Gasteiger partial charge in [0.05, 0.1) is 0 Å². The number of aliphatic imine (C=N–C) groups is 1. The average molecular weight is 385 g/mol.